The van der Waals surface area contributed by atoms with E-state index in [2.05, 4.69) is 79.6 Å². The average Bonchev–Trinajstić information content (AvgIpc) is 1.30. The molecule has 13 rings (SSSR count). The maximum Gasteiger partial charge on any atom is 2.00 e. The van der Waals surface area contributed by atoms with E-state index in [-0.39, 0.29) is 76.4 Å². The van der Waals surface area contributed by atoms with Crippen LogP contribution in [0.5, 0.6) is 23.0 Å². The number of cyclic esters (lactones) is 2. The van der Waals surface area contributed by atoms with Gasteiger partial charge in [-0.1, -0.05) is 144 Å². The Morgan fingerprint density at radius 3 is 1.36 bits per heavy atom. The molecule has 5 N–H and O–H groups in total. The number of anilines is 2. The number of para-hydroxylation sites is 5. The molecule has 622 valence electrons. The number of hydrogen-bond donors (Lipinski definition) is 4. The number of halogens is 10. The number of esters is 2. The summed E-state index contributed by atoms with van der Waals surface area (Å²) in [5.41, 5.74) is 12.7. The van der Waals surface area contributed by atoms with Crippen LogP contribution in [0.15, 0.2) is 225 Å². The Labute approximate surface area is 749 Å². The van der Waals surface area contributed by atoms with Crippen molar-refractivity contribution < 1.29 is 98.6 Å². The summed E-state index contributed by atoms with van der Waals surface area (Å²) >= 11 is 49.8. The van der Waals surface area contributed by atoms with Crippen molar-refractivity contribution >= 4 is 217 Å². The number of hydrogen-bond acceptors (Lipinski definition) is 22. The summed E-state index contributed by atoms with van der Waals surface area (Å²) in [4.78, 5) is 117. The number of nitrogen functional groups attached to an aromatic ring is 1. The van der Waals surface area contributed by atoms with Crippen molar-refractivity contribution in [3.05, 3.63) is 291 Å². The molecule has 0 unspecified atom stereocenters. The van der Waals surface area contributed by atoms with Crippen LogP contribution in [0.2, 0.25) is 30.3 Å². The molecule has 0 radical (unpaired) electrons. The van der Waals surface area contributed by atoms with Gasteiger partial charge in [0.25, 0.3) is 0 Å². The molecule has 12 aromatic rings. The number of carboxylic acid groups (broad SMARTS) is 1. The Kier molecular flexibility index (Phi) is 46.1. The summed E-state index contributed by atoms with van der Waals surface area (Å²) in [6.07, 6.45) is 0. The van der Waals surface area contributed by atoms with Crippen molar-refractivity contribution in [2.45, 2.75) is 49.0 Å². The fourth-order valence-electron chi connectivity index (χ4n) is 9.41. The molecule has 3 aromatic heterocycles. The molecule has 1 aliphatic heterocycles. The number of methoxy groups -OCH3 is 4. The number of nitrogens with zero attached hydrogens (tertiary/aromatic N) is 2. The van der Waals surface area contributed by atoms with Crippen molar-refractivity contribution in [3.8, 4) is 45.3 Å². The Morgan fingerprint density at radius 1 is 0.529 bits per heavy atom. The van der Waals surface area contributed by atoms with Gasteiger partial charge in [0.1, 0.15) is 22.4 Å². The average molecular weight is 1860 g/mol. The Hall–Kier alpha value is -9.97. The van der Waals surface area contributed by atoms with E-state index in [1.165, 1.54) is 13.0 Å². The number of nitrogens with two attached hydrogens (primary N) is 1. The Bertz CT molecular complexity index is 5650. The third-order valence-electron chi connectivity index (χ3n) is 14.9. The van der Waals surface area contributed by atoms with Crippen LogP contribution in [-0.4, -0.2) is 113 Å². The van der Waals surface area contributed by atoms with Crippen molar-refractivity contribution in [3.63, 3.8) is 0 Å². The van der Waals surface area contributed by atoms with Crippen LogP contribution in [0.25, 0.3) is 55.0 Å². The van der Waals surface area contributed by atoms with Crippen molar-refractivity contribution in [1.82, 2.24) is 15.0 Å². The van der Waals surface area contributed by atoms with Crippen molar-refractivity contribution in [2.75, 3.05) is 39.5 Å². The predicted octanol–water partition coefficient (Wildman–Crippen LogP) is 18.3. The number of benzene rings is 9. The van der Waals surface area contributed by atoms with Gasteiger partial charge in [-0.15, -0.1) is 12.1 Å². The molecule has 25 nitrogen and oxygen atoms in total. The number of nitrogens with one attached hydrogen (secondary N) is 2. The first kappa shape index (κ1) is 105. The second kappa shape index (κ2) is 52.2. The molecule has 1 aliphatic rings. The number of carboxylic acids is 1. The number of rotatable bonds is 12. The number of pyridine rings is 2. The second-order valence-corrected chi connectivity index (χ2v) is 31.9. The maximum atomic E-state index is 12.5. The normalized spacial score (nSPS) is 10.5. The molecule has 0 bridgehead atoms. The number of aromatic amines is 1. The number of H-pyrrole nitrogens is 1. The van der Waals surface area contributed by atoms with Gasteiger partial charge in [-0.2, -0.15) is 18.2 Å². The van der Waals surface area contributed by atoms with Gasteiger partial charge in [0.05, 0.1) is 92.4 Å². The molecule has 119 heavy (non-hydrogen) atoms. The molecular weight excluding hydrogens is 1780 g/mol. The van der Waals surface area contributed by atoms with Gasteiger partial charge in [0.15, 0.2) is 11.7 Å². The van der Waals surface area contributed by atoms with Gasteiger partial charge in [0, 0.05) is 77.6 Å². The van der Waals surface area contributed by atoms with Crippen LogP contribution in [0.3, 0.4) is 0 Å². The molecule has 37 heteroatoms. The minimum atomic E-state index is -3.22. The van der Waals surface area contributed by atoms with Crippen LogP contribution in [0.4, 0.5) is 11.4 Å². The van der Waals surface area contributed by atoms with Gasteiger partial charge < -0.3 is 61.6 Å². The zero-order valence-corrected chi connectivity index (χ0v) is 73.5. The first-order chi connectivity index (χ1) is 54.9. The molecule has 1 amide bonds. The van der Waals surface area contributed by atoms with Crippen LogP contribution < -0.4 is 53.6 Å². The largest absolute Gasteiger partial charge is 2.00 e. The molecule has 0 fully saturated rings. The first-order valence-electron chi connectivity index (χ1n) is 33.0. The number of fused-ring (bicyclic) bond motifs is 3. The number of carbonyl (C=O) groups excluding carboxylic acids is 6. The van der Waals surface area contributed by atoms with Gasteiger partial charge in [0.2, 0.25) is 11.5 Å². The number of amides is 1. The quantitative estimate of drug-likeness (QED) is 0.00843. The van der Waals surface area contributed by atoms with E-state index >= 15 is 0 Å². The van der Waals surface area contributed by atoms with Gasteiger partial charge >= 0.3 is 63.7 Å². The van der Waals surface area contributed by atoms with E-state index in [4.69, 9.17) is 104 Å². The monoisotopic (exact) mass is 1850 g/mol. The molecule has 0 atom stereocenters. The van der Waals surface area contributed by atoms with Crippen LogP contribution in [-0.2, 0) is 48.1 Å². The minimum absolute atomic E-state index is 0. The summed E-state index contributed by atoms with van der Waals surface area (Å²) in [5, 5.41) is 16.5. The van der Waals surface area contributed by atoms with E-state index in [9.17, 15) is 47.7 Å². The standard InChI is InChI=1S/C16H11Cl2NO.C16H14ClNO3.C16H12ClNO2.C9H6ClNO2.C7H6ClNO2.C7H7O.C6H6O3.C4H6O5.CH4.Cl3OP.ClH.Mg/c1-20-11-7-5-10(6-8-11)13-9-15(18)19-16-12(13)3-2-4-14(16)17;1-10(19)18-15-13(4-3-5-14(15)17)16(20)11-6-8-12(21-2)9-7-11;1-20-11-7-5-10(6-8-11)13-9-15(19)18-16-12(13)3-2-4-14(16)17;1-5-11-8-6(9(12)13-5)3-2-4-7(8)10;8-5-3-1-2-4(6(5)9)7(10)11;1-8-7-5-3-2-4-6-7;1-3-4(2)6(8)9-5(3)7;1-3(5)7-9-8-4(2)6;;1-5(2,3)4;;/h2-9H,1H3;3-9H,1-2H3,(H,18,19);2-9H,1H3,(H,18,19);2-4H,1H3;1-3H,9H2,(H,10,11);3-6H,1H3;2*1-2H3;1H4;;1H;/q;;;;;-1;;;;;;+2/p-1. The first-order valence-corrected chi connectivity index (χ1v) is 39.7. The zero-order chi connectivity index (χ0) is 86.1. The minimum Gasteiger partial charge on any atom is -1.00 e. The Morgan fingerprint density at radius 2 is 0.933 bits per heavy atom. The summed E-state index contributed by atoms with van der Waals surface area (Å²) < 4.78 is 38.8. The predicted molar refractivity (Wildman–Crippen MR) is 464 cm³/mol. The van der Waals surface area contributed by atoms with E-state index in [0.717, 1.165) is 64.1 Å². The van der Waals surface area contributed by atoms with Gasteiger partial charge in [-0.25, -0.2) is 38.7 Å². The van der Waals surface area contributed by atoms with Gasteiger partial charge in [-0.05, 0) is 173 Å². The fourth-order valence-corrected chi connectivity index (χ4v) is 10.7. The summed E-state index contributed by atoms with van der Waals surface area (Å²) in [7, 11) is 6.48. The number of ether oxygens (including phenoxy) is 5. The fraction of sp³-hybridized carbons (Fsp3) is 0.134. The summed E-state index contributed by atoms with van der Waals surface area (Å²) in [6.45, 7) is 8.35. The van der Waals surface area contributed by atoms with Crippen LogP contribution in [0, 0.1) is 13.0 Å². The number of carbonyl (C=O) groups is 7. The van der Waals surface area contributed by atoms with Crippen molar-refractivity contribution in [1.29, 1.82) is 0 Å². The van der Waals surface area contributed by atoms with E-state index in [1.807, 2.05) is 109 Å². The second-order valence-electron chi connectivity index (χ2n) is 22.8. The molecule has 0 aliphatic carbocycles. The maximum absolute atomic E-state index is 12.5. The molecule has 0 saturated carbocycles. The third kappa shape index (κ3) is 34.3. The zero-order valence-electron chi connectivity index (χ0n) is 63.7. The number of ketones is 1. The summed E-state index contributed by atoms with van der Waals surface area (Å²) in [6, 6.07) is 61.5. The van der Waals surface area contributed by atoms with Gasteiger partial charge in [-0.3, -0.25) is 28.7 Å². The number of aromatic nitrogens is 3. The third-order valence-corrected chi connectivity index (χ3v) is 16.6. The van der Waals surface area contributed by atoms with Crippen molar-refractivity contribution in [2.24, 2.45) is 0 Å². The summed E-state index contributed by atoms with van der Waals surface area (Å²) in [5.74, 6) is -0.505. The molecule has 0 spiro atoms. The van der Waals surface area contributed by atoms with Crippen LogP contribution in [0.1, 0.15) is 74.2 Å². The van der Waals surface area contributed by atoms with Crippen LogP contribution >= 0.6 is 109 Å². The van der Waals surface area contributed by atoms with E-state index < -0.39 is 40.7 Å². The molecule has 4 heterocycles. The topological polar surface area (TPSA) is 358 Å². The SMILES string of the molecule is C.CC(=O)OOOC(C)=O.CC1=C(C)C(=O)OC1=O.COc1cc[c-]cc1.COc1ccc(-c2cc(=O)[nH]c3c(Cl)cccc23)cc1.COc1ccc(-c2cc(Cl)nc3c(Cl)cccc23)cc1.COc1ccc(C(=O)c2cccc(Cl)c2NC(C)=O)cc1.Cc1nc2c(Cl)cccc2c(=O)o1.Nc1c(Cl)cccc1C(=O)O.O=P(Cl)(Cl)Cl.[Cl-].[Mg+2]. The number of aryl methyl sites for hydroxylation is 1. The molecule has 0 saturated heterocycles. The molecular formula is C82H72Cl10MgN5O20P. The molecule has 9 aromatic carbocycles. The van der Waals surface area contributed by atoms with E-state index in [1.54, 1.807) is 134 Å². The Balaban J connectivity index is 0.000000466. The number of aromatic carboxylic acids is 1. The van der Waals surface area contributed by atoms with E-state index in [0.29, 0.717) is 86.8 Å². The smallest absolute Gasteiger partial charge is 1.00 e.